The maximum absolute atomic E-state index is 11.6. The summed E-state index contributed by atoms with van der Waals surface area (Å²) < 4.78 is 0.828. The first-order valence-corrected chi connectivity index (χ1v) is 5.90. The zero-order valence-corrected chi connectivity index (χ0v) is 11.3. The van der Waals surface area contributed by atoms with Gasteiger partial charge in [-0.1, -0.05) is 20.8 Å². The van der Waals surface area contributed by atoms with Crippen LogP contribution in [0.25, 0.3) is 0 Å². The lowest BCUT2D eigenvalue weighted by Crippen LogP contribution is -2.39. The molecule has 1 aromatic heterocycles. The van der Waals surface area contributed by atoms with Crippen LogP contribution >= 0.6 is 15.9 Å². The van der Waals surface area contributed by atoms with Gasteiger partial charge < -0.3 is 15.4 Å². The topological polar surface area (TPSA) is 65.1 Å². The zero-order chi connectivity index (χ0) is 12.3. The molecule has 1 atom stereocenters. The van der Waals surface area contributed by atoms with Gasteiger partial charge in [0, 0.05) is 17.2 Å². The molecule has 1 amide bonds. The van der Waals surface area contributed by atoms with Crippen LogP contribution in [0.3, 0.4) is 0 Å². The molecule has 0 radical (unpaired) electrons. The molecule has 5 heteroatoms. The van der Waals surface area contributed by atoms with E-state index in [1.165, 1.54) is 0 Å². The maximum atomic E-state index is 11.6. The summed E-state index contributed by atoms with van der Waals surface area (Å²) in [5, 5.41) is 12.4. The van der Waals surface area contributed by atoms with Crippen LogP contribution in [-0.2, 0) is 0 Å². The molecule has 3 N–H and O–H groups in total. The Kier molecular flexibility index (Phi) is 4.15. The van der Waals surface area contributed by atoms with Gasteiger partial charge in [-0.15, -0.1) is 0 Å². The van der Waals surface area contributed by atoms with Crippen LogP contribution in [-0.4, -0.2) is 28.6 Å². The Morgan fingerprint density at radius 3 is 2.69 bits per heavy atom. The number of rotatable bonds is 3. The van der Waals surface area contributed by atoms with Crippen molar-refractivity contribution in [2.75, 3.05) is 6.54 Å². The van der Waals surface area contributed by atoms with Crippen molar-refractivity contribution >= 4 is 21.8 Å². The number of amides is 1. The third-order valence-corrected chi connectivity index (χ3v) is 2.81. The first-order chi connectivity index (χ1) is 7.30. The van der Waals surface area contributed by atoms with Crippen LogP contribution < -0.4 is 5.32 Å². The summed E-state index contributed by atoms with van der Waals surface area (Å²) >= 11 is 3.25. The molecule has 90 valence electrons. The number of nitrogens with one attached hydrogen (secondary N) is 2. The molecule has 0 bridgehead atoms. The van der Waals surface area contributed by atoms with Gasteiger partial charge in [0.25, 0.3) is 5.91 Å². The second kappa shape index (κ2) is 5.01. The van der Waals surface area contributed by atoms with Crippen LogP contribution in [0.1, 0.15) is 31.3 Å². The van der Waals surface area contributed by atoms with Crippen molar-refractivity contribution in [1.29, 1.82) is 0 Å². The fraction of sp³-hybridized carbons (Fsp3) is 0.545. The summed E-state index contributed by atoms with van der Waals surface area (Å²) in [6.45, 7) is 6.03. The first kappa shape index (κ1) is 13.3. The van der Waals surface area contributed by atoms with Crippen molar-refractivity contribution in [2.45, 2.75) is 26.9 Å². The maximum Gasteiger partial charge on any atom is 0.267 e. The first-order valence-electron chi connectivity index (χ1n) is 5.11. The molecule has 1 aromatic rings. The predicted molar refractivity (Wildman–Crippen MR) is 66.3 cm³/mol. The number of aromatic nitrogens is 1. The minimum absolute atomic E-state index is 0.214. The summed E-state index contributed by atoms with van der Waals surface area (Å²) in [4.78, 5) is 14.4. The van der Waals surface area contributed by atoms with Gasteiger partial charge in [-0.25, -0.2) is 0 Å². The van der Waals surface area contributed by atoms with Gasteiger partial charge in [0.2, 0.25) is 0 Å². The van der Waals surface area contributed by atoms with E-state index in [0.29, 0.717) is 5.69 Å². The van der Waals surface area contributed by atoms with Gasteiger partial charge >= 0.3 is 0 Å². The van der Waals surface area contributed by atoms with Crippen LogP contribution in [0, 0.1) is 5.41 Å². The average molecular weight is 289 g/mol. The second-order valence-corrected chi connectivity index (χ2v) is 5.74. The Bertz CT molecular complexity index is 368. The quantitative estimate of drug-likeness (QED) is 0.796. The van der Waals surface area contributed by atoms with Crippen LogP contribution in [0.2, 0.25) is 0 Å². The minimum Gasteiger partial charge on any atom is -0.391 e. The van der Waals surface area contributed by atoms with Crippen molar-refractivity contribution in [1.82, 2.24) is 10.3 Å². The van der Waals surface area contributed by atoms with Gasteiger partial charge in [0.1, 0.15) is 5.69 Å². The summed E-state index contributed by atoms with van der Waals surface area (Å²) in [5.41, 5.74) is 0.247. The Hall–Kier alpha value is -0.810. The van der Waals surface area contributed by atoms with E-state index in [9.17, 15) is 9.90 Å². The van der Waals surface area contributed by atoms with Crippen molar-refractivity contribution in [3.63, 3.8) is 0 Å². The number of aliphatic hydroxyl groups is 1. The molecule has 0 aromatic carbocycles. The summed E-state index contributed by atoms with van der Waals surface area (Å²) in [6, 6.07) is 1.69. The van der Waals surface area contributed by atoms with Gasteiger partial charge in [0.05, 0.1) is 6.10 Å². The molecule has 4 nitrogen and oxygen atoms in total. The molecular formula is C11H17BrN2O2. The summed E-state index contributed by atoms with van der Waals surface area (Å²) in [6.07, 6.45) is 1.13. The van der Waals surface area contributed by atoms with E-state index in [2.05, 4.69) is 26.2 Å². The van der Waals surface area contributed by atoms with E-state index >= 15 is 0 Å². The highest BCUT2D eigenvalue weighted by Crippen LogP contribution is 2.18. The number of H-pyrrole nitrogens is 1. The smallest absolute Gasteiger partial charge is 0.267 e. The molecule has 16 heavy (non-hydrogen) atoms. The number of aliphatic hydroxyl groups excluding tert-OH is 1. The SMILES string of the molecule is CC(C)(C)C(O)CNC(=O)c1cc(Br)c[nH]1. The Labute approximate surface area is 104 Å². The van der Waals surface area contributed by atoms with E-state index in [4.69, 9.17) is 0 Å². The lowest BCUT2D eigenvalue weighted by Gasteiger charge is -2.25. The highest BCUT2D eigenvalue weighted by atomic mass is 79.9. The molecule has 0 aliphatic carbocycles. The number of hydrogen-bond donors (Lipinski definition) is 3. The zero-order valence-electron chi connectivity index (χ0n) is 9.67. The third-order valence-electron chi connectivity index (χ3n) is 2.35. The van der Waals surface area contributed by atoms with Gasteiger partial charge in [-0.05, 0) is 27.4 Å². The lowest BCUT2D eigenvalue weighted by molar-refractivity contribution is 0.0585. The molecular weight excluding hydrogens is 272 g/mol. The molecule has 0 saturated carbocycles. The monoisotopic (exact) mass is 288 g/mol. The number of hydrogen-bond acceptors (Lipinski definition) is 2. The van der Waals surface area contributed by atoms with E-state index in [1.807, 2.05) is 20.8 Å². The summed E-state index contributed by atoms with van der Waals surface area (Å²) in [7, 11) is 0. The van der Waals surface area contributed by atoms with E-state index in [1.54, 1.807) is 12.3 Å². The van der Waals surface area contributed by atoms with E-state index in [-0.39, 0.29) is 17.9 Å². The van der Waals surface area contributed by atoms with Gasteiger partial charge in [-0.2, -0.15) is 0 Å². The third kappa shape index (κ3) is 3.64. The van der Waals surface area contributed by atoms with Crippen molar-refractivity contribution in [3.8, 4) is 0 Å². The largest absolute Gasteiger partial charge is 0.391 e. The highest BCUT2D eigenvalue weighted by molar-refractivity contribution is 9.10. The average Bonchev–Trinajstić information content (AvgIpc) is 2.59. The Morgan fingerprint density at radius 2 is 2.25 bits per heavy atom. The van der Waals surface area contributed by atoms with Crippen LogP contribution in [0.5, 0.6) is 0 Å². The highest BCUT2D eigenvalue weighted by Gasteiger charge is 2.22. The Balaban J connectivity index is 2.48. The van der Waals surface area contributed by atoms with Crippen molar-refractivity contribution < 1.29 is 9.90 Å². The molecule has 0 fully saturated rings. The van der Waals surface area contributed by atoms with Crippen LogP contribution in [0.4, 0.5) is 0 Å². The number of carbonyl (C=O) groups excluding carboxylic acids is 1. The van der Waals surface area contributed by atoms with Crippen molar-refractivity contribution in [2.24, 2.45) is 5.41 Å². The molecule has 1 heterocycles. The standard InChI is InChI=1S/C11H17BrN2O2/c1-11(2,3)9(15)6-14-10(16)8-4-7(12)5-13-8/h4-5,9,13,15H,6H2,1-3H3,(H,14,16). The molecule has 1 rings (SSSR count). The molecule has 0 spiro atoms. The second-order valence-electron chi connectivity index (χ2n) is 4.82. The lowest BCUT2D eigenvalue weighted by atomic mass is 9.89. The van der Waals surface area contributed by atoms with E-state index < -0.39 is 6.10 Å². The number of aromatic amines is 1. The molecule has 1 unspecified atom stereocenters. The fourth-order valence-corrected chi connectivity index (χ4v) is 1.43. The summed E-state index contributed by atoms with van der Waals surface area (Å²) in [5.74, 6) is -0.214. The molecule has 0 saturated heterocycles. The van der Waals surface area contributed by atoms with Gasteiger partial charge in [0.15, 0.2) is 0 Å². The van der Waals surface area contributed by atoms with Crippen LogP contribution in [0.15, 0.2) is 16.7 Å². The molecule has 0 aliphatic heterocycles. The molecule has 0 aliphatic rings. The fourth-order valence-electron chi connectivity index (χ4n) is 1.09. The Morgan fingerprint density at radius 1 is 1.62 bits per heavy atom. The minimum atomic E-state index is -0.560. The van der Waals surface area contributed by atoms with E-state index in [0.717, 1.165) is 4.47 Å². The predicted octanol–water partition coefficient (Wildman–Crippen LogP) is 1.91. The van der Waals surface area contributed by atoms with Gasteiger partial charge in [-0.3, -0.25) is 4.79 Å². The van der Waals surface area contributed by atoms with Crippen molar-refractivity contribution in [3.05, 3.63) is 22.4 Å². The number of carbonyl (C=O) groups is 1. The number of halogens is 1. The normalized spacial score (nSPS) is 13.6.